The quantitative estimate of drug-likeness (QED) is 0.856. The van der Waals surface area contributed by atoms with Crippen LogP contribution in [0.25, 0.3) is 0 Å². The fraction of sp³-hybridized carbons (Fsp3) is 0.571. The molecule has 1 heterocycles. The predicted octanol–water partition coefficient (Wildman–Crippen LogP) is 1.14. The molecule has 1 aliphatic rings. The minimum Gasteiger partial charge on any atom is -0.395 e. The zero-order valence-electron chi connectivity index (χ0n) is 11.0. The lowest BCUT2D eigenvalue weighted by atomic mass is 9.94. The van der Waals surface area contributed by atoms with Crippen molar-refractivity contribution in [3.8, 4) is 0 Å². The molecule has 19 heavy (non-hydrogen) atoms. The van der Waals surface area contributed by atoms with Crippen LogP contribution in [0.15, 0.2) is 23.0 Å². The number of nitrogens with one attached hydrogen (secondary N) is 1. The minimum absolute atomic E-state index is 0.0562. The number of hydrogen-bond acceptors (Lipinski definition) is 3. The van der Waals surface area contributed by atoms with Crippen LogP contribution in [0.4, 0.5) is 0 Å². The topological polar surface area (TPSA) is 73.4 Å². The second-order valence-corrected chi connectivity index (χ2v) is 4.94. The van der Waals surface area contributed by atoms with E-state index in [0.717, 1.165) is 25.7 Å². The van der Waals surface area contributed by atoms with Gasteiger partial charge in [-0.15, -0.1) is 0 Å². The van der Waals surface area contributed by atoms with Gasteiger partial charge in [0.15, 0.2) is 0 Å². The Morgan fingerprint density at radius 3 is 2.68 bits per heavy atom. The second kappa shape index (κ2) is 6.52. The Labute approximate surface area is 112 Å². The summed E-state index contributed by atoms with van der Waals surface area (Å²) in [5, 5.41) is 9.15. The number of rotatable bonds is 4. The van der Waals surface area contributed by atoms with E-state index in [-0.39, 0.29) is 24.1 Å². The first kappa shape index (κ1) is 13.8. The molecule has 1 amide bonds. The van der Waals surface area contributed by atoms with E-state index in [9.17, 15) is 9.59 Å². The highest BCUT2D eigenvalue weighted by Crippen LogP contribution is 2.23. The first-order valence-electron chi connectivity index (χ1n) is 6.83. The van der Waals surface area contributed by atoms with Crippen LogP contribution in [-0.2, 0) is 0 Å². The van der Waals surface area contributed by atoms with Crippen molar-refractivity contribution in [1.29, 1.82) is 0 Å². The molecule has 0 unspecified atom stereocenters. The van der Waals surface area contributed by atoms with E-state index in [0.29, 0.717) is 12.2 Å². The van der Waals surface area contributed by atoms with E-state index in [1.807, 2.05) is 0 Å². The van der Waals surface area contributed by atoms with Gasteiger partial charge in [-0.05, 0) is 18.9 Å². The van der Waals surface area contributed by atoms with Crippen molar-refractivity contribution in [3.05, 3.63) is 34.2 Å². The van der Waals surface area contributed by atoms with Crippen LogP contribution in [0.3, 0.4) is 0 Å². The maximum Gasteiger partial charge on any atom is 0.270 e. The van der Waals surface area contributed by atoms with E-state index in [2.05, 4.69) is 4.98 Å². The summed E-state index contributed by atoms with van der Waals surface area (Å²) in [6.45, 7) is 0.264. The zero-order valence-corrected chi connectivity index (χ0v) is 11.0. The molecule has 0 aliphatic heterocycles. The number of pyridine rings is 1. The third-order valence-electron chi connectivity index (χ3n) is 3.62. The Balaban J connectivity index is 2.17. The molecular weight excluding hydrogens is 244 g/mol. The van der Waals surface area contributed by atoms with Crippen LogP contribution in [-0.4, -0.2) is 40.1 Å². The number of hydrogen-bond donors (Lipinski definition) is 2. The van der Waals surface area contributed by atoms with E-state index in [1.54, 1.807) is 17.0 Å². The Kier molecular flexibility index (Phi) is 4.74. The van der Waals surface area contributed by atoms with Crippen LogP contribution < -0.4 is 5.56 Å². The number of aromatic amines is 1. The molecule has 2 N–H and O–H groups in total. The molecule has 0 bridgehead atoms. The highest BCUT2D eigenvalue weighted by molar-refractivity contribution is 5.92. The SMILES string of the molecule is O=C(c1cccc(=O)[nH]1)N(CCO)C1CCCCC1. The Morgan fingerprint density at radius 2 is 2.05 bits per heavy atom. The van der Waals surface area contributed by atoms with Gasteiger partial charge >= 0.3 is 0 Å². The number of carbonyl (C=O) groups excluding carboxylic acids is 1. The van der Waals surface area contributed by atoms with Crippen molar-refractivity contribution in [1.82, 2.24) is 9.88 Å². The second-order valence-electron chi connectivity index (χ2n) is 4.94. The fourth-order valence-corrected chi connectivity index (χ4v) is 2.68. The summed E-state index contributed by atoms with van der Waals surface area (Å²) in [7, 11) is 0. The first-order chi connectivity index (χ1) is 9.22. The Bertz CT molecular complexity index is 478. The summed E-state index contributed by atoms with van der Waals surface area (Å²) in [4.78, 5) is 28.0. The smallest absolute Gasteiger partial charge is 0.270 e. The maximum atomic E-state index is 12.4. The normalized spacial score (nSPS) is 16.3. The Morgan fingerprint density at radius 1 is 1.32 bits per heavy atom. The van der Waals surface area contributed by atoms with Gasteiger partial charge in [-0.2, -0.15) is 0 Å². The van der Waals surface area contributed by atoms with Crippen molar-refractivity contribution in [2.75, 3.05) is 13.2 Å². The van der Waals surface area contributed by atoms with Gasteiger partial charge in [0.2, 0.25) is 5.56 Å². The van der Waals surface area contributed by atoms with Crippen LogP contribution in [0, 0.1) is 0 Å². The summed E-state index contributed by atoms with van der Waals surface area (Å²) < 4.78 is 0. The largest absolute Gasteiger partial charge is 0.395 e. The molecule has 1 aromatic rings. The molecule has 5 nitrogen and oxygen atoms in total. The number of H-pyrrole nitrogens is 1. The average molecular weight is 264 g/mol. The predicted molar refractivity (Wildman–Crippen MR) is 72.1 cm³/mol. The van der Waals surface area contributed by atoms with Crippen LogP contribution >= 0.6 is 0 Å². The van der Waals surface area contributed by atoms with Gasteiger partial charge in [-0.1, -0.05) is 25.3 Å². The summed E-state index contributed by atoms with van der Waals surface area (Å²) in [6.07, 6.45) is 5.39. The zero-order chi connectivity index (χ0) is 13.7. The van der Waals surface area contributed by atoms with Gasteiger partial charge in [0.1, 0.15) is 5.69 Å². The number of nitrogens with zero attached hydrogens (tertiary/aromatic N) is 1. The van der Waals surface area contributed by atoms with Crippen molar-refractivity contribution in [3.63, 3.8) is 0 Å². The number of amides is 1. The lowest BCUT2D eigenvalue weighted by Gasteiger charge is -2.33. The molecular formula is C14H20N2O3. The van der Waals surface area contributed by atoms with Crippen molar-refractivity contribution >= 4 is 5.91 Å². The molecule has 1 saturated carbocycles. The number of carbonyl (C=O) groups is 1. The van der Waals surface area contributed by atoms with Gasteiger partial charge in [-0.3, -0.25) is 9.59 Å². The molecule has 5 heteroatoms. The third kappa shape index (κ3) is 3.44. The molecule has 104 valence electrons. The standard InChI is InChI=1S/C14H20N2O3/c17-10-9-16(11-5-2-1-3-6-11)14(19)12-7-4-8-13(18)15-12/h4,7-8,11,17H,1-3,5-6,9-10H2,(H,15,18). The van der Waals surface area contributed by atoms with E-state index in [1.165, 1.54) is 12.5 Å². The van der Waals surface area contributed by atoms with Crippen molar-refractivity contribution in [2.24, 2.45) is 0 Å². The van der Waals surface area contributed by atoms with Crippen LogP contribution in [0.1, 0.15) is 42.6 Å². The van der Waals surface area contributed by atoms with Gasteiger partial charge in [0.05, 0.1) is 6.61 Å². The molecule has 0 saturated heterocycles. The molecule has 0 spiro atoms. The molecule has 0 aromatic carbocycles. The summed E-state index contributed by atoms with van der Waals surface area (Å²) >= 11 is 0. The molecule has 0 radical (unpaired) electrons. The maximum absolute atomic E-state index is 12.4. The van der Waals surface area contributed by atoms with Crippen LogP contribution in [0.2, 0.25) is 0 Å². The molecule has 1 aromatic heterocycles. The van der Waals surface area contributed by atoms with Crippen molar-refractivity contribution < 1.29 is 9.90 Å². The highest BCUT2D eigenvalue weighted by atomic mass is 16.3. The number of aliphatic hydroxyl groups excluding tert-OH is 1. The fourth-order valence-electron chi connectivity index (χ4n) is 2.68. The summed E-state index contributed by atoms with van der Waals surface area (Å²) in [5.74, 6) is -0.196. The summed E-state index contributed by atoms with van der Waals surface area (Å²) in [6, 6.07) is 4.74. The number of aromatic nitrogens is 1. The van der Waals surface area contributed by atoms with Gasteiger partial charge in [-0.25, -0.2) is 0 Å². The minimum atomic E-state index is -0.279. The van der Waals surface area contributed by atoms with Crippen molar-refractivity contribution in [2.45, 2.75) is 38.1 Å². The summed E-state index contributed by atoms with van der Waals surface area (Å²) in [5.41, 5.74) is 0.0185. The lowest BCUT2D eigenvalue weighted by molar-refractivity contribution is 0.0579. The average Bonchev–Trinajstić information content (AvgIpc) is 2.45. The first-order valence-corrected chi connectivity index (χ1v) is 6.83. The molecule has 1 fully saturated rings. The van der Waals surface area contributed by atoms with Gasteiger partial charge < -0.3 is 15.0 Å². The van der Waals surface area contributed by atoms with Gasteiger partial charge in [0.25, 0.3) is 5.91 Å². The monoisotopic (exact) mass is 264 g/mol. The van der Waals surface area contributed by atoms with Gasteiger partial charge in [0, 0.05) is 18.7 Å². The van der Waals surface area contributed by atoms with E-state index in [4.69, 9.17) is 5.11 Å². The van der Waals surface area contributed by atoms with Crippen LogP contribution in [0.5, 0.6) is 0 Å². The molecule has 1 aliphatic carbocycles. The molecule has 2 rings (SSSR count). The van der Waals surface area contributed by atoms with E-state index >= 15 is 0 Å². The third-order valence-corrected chi connectivity index (χ3v) is 3.62. The lowest BCUT2D eigenvalue weighted by Crippen LogP contribution is -2.43. The Hall–Kier alpha value is -1.62. The number of aliphatic hydroxyl groups is 1. The molecule has 0 atom stereocenters. The van der Waals surface area contributed by atoms with E-state index < -0.39 is 0 Å². The highest BCUT2D eigenvalue weighted by Gasteiger charge is 2.26.